The molecule has 2 N–H and O–H groups in total. The smallest absolute Gasteiger partial charge is 0.284 e. The highest BCUT2D eigenvalue weighted by Gasteiger charge is 2.34. The zero-order valence-electron chi connectivity index (χ0n) is 10.4. The van der Waals surface area contributed by atoms with Gasteiger partial charge in [0.05, 0.1) is 11.6 Å². The lowest BCUT2D eigenvalue weighted by Crippen LogP contribution is -2.23. The molecule has 3 rings (SSSR count). The lowest BCUT2D eigenvalue weighted by atomic mass is 10.0. The molecule has 0 saturated heterocycles. The van der Waals surface area contributed by atoms with Crippen LogP contribution in [0.4, 0.5) is 0 Å². The molecule has 0 spiro atoms. The Kier molecular flexibility index (Phi) is 2.61. The minimum atomic E-state index is -0.681. The molecule has 0 radical (unpaired) electrons. The number of amides is 1. The molecule has 1 aliphatic rings. The maximum absolute atomic E-state index is 12.4. The highest BCUT2D eigenvalue weighted by atomic mass is 16.1. The third-order valence-corrected chi connectivity index (χ3v) is 3.49. The van der Waals surface area contributed by atoms with Gasteiger partial charge >= 0.3 is 0 Å². The maximum atomic E-state index is 12.4. The van der Waals surface area contributed by atoms with Gasteiger partial charge in [-0.1, -0.05) is 12.1 Å². The summed E-state index contributed by atoms with van der Waals surface area (Å²) in [5.74, 6) is -0.758. The SMILES string of the molecule is N#Cc1cccc2c1CC(n1ccnc1C(N)=O)C2=O. The van der Waals surface area contributed by atoms with Crippen LogP contribution < -0.4 is 5.73 Å². The normalized spacial score (nSPS) is 16.8. The van der Waals surface area contributed by atoms with Crippen molar-refractivity contribution in [2.45, 2.75) is 12.5 Å². The number of carbonyl (C=O) groups is 2. The summed E-state index contributed by atoms with van der Waals surface area (Å²) in [6.07, 6.45) is 3.36. The number of imidazole rings is 1. The first-order valence-electron chi connectivity index (χ1n) is 6.02. The van der Waals surface area contributed by atoms with Gasteiger partial charge in [0.25, 0.3) is 5.91 Å². The molecule has 0 fully saturated rings. The van der Waals surface area contributed by atoms with Gasteiger partial charge in [-0.3, -0.25) is 9.59 Å². The van der Waals surface area contributed by atoms with Crippen LogP contribution in [0.3, 0.4) is 0 Å². The first-order chi connectivity index (χ1) is 9.63. The summed E-state index contributed by atoms with van der Waals surface area (Å²) in [5.41, 5.74) is 6.98. The van der Waals surface area contributed by atoms with E-state index in [1.54, 1.807) is 24.4 Å². The highest BCUT2D eigenvalue weighted by molar-refractivity contribution is 6.04. The molecule has 0 aliphatic heterocycles. The fraction of sp³-hybridized carbons (Fsp3) is 0.143. The molecule has 0 saturated carbocycles. The molecule has 0 bridgehead atoms. The third-order valence-electron chi connectivity index (χ3n) is 3.49. The van der Waals surface area contributed by atoms with Crippen LogP contribution in [0.2, 0.25) is 0 Å². The first-order valence-corrected chi connectivity index (χ1v) is 6.02. The van der Waals surface area contributed by atoms with Crippen molar-refractivity contribution in [3.05, 3.63) is 53.1 Å². The molecule has 2 aromatic rings. The Hall–Kier alpha value is -2.94. The van der Waals surface area contributed by atoms with Crippen molar-refractivity contribution in [1.29, 1.82) is 5.26 Å². The highest BCUT2D eigenvalue weighted by Crippen LogP contribution is 2.32. The lowest BCUT2D eigenvalue weighted by Gasteiger charge is -2.11. The number of nitrogens with two attached hydrogens (primary N) is 1. The Labute approximate surface area is 114 Å². The van der Waals surface area contributed by atoms with E-state index in [4.69, 9.17) is 11.0 Å². The second kappa shape index (κ2) is 4.31. The number of benzene rings is 1. The van der Waals surface area contributed by atoms with E-state index in [0.29, 0.717) is 23.1 Å². The minimum Gasteiger partial charge on any atom is -0.363 e. The Morgan fingerprint density at radius 1 is 1.50 bits per heavy atom. The summed E-state index contributed by atoms with van der Waals surface area (Å²) in [6.45, 7) is 0. The number of aromatic nitrogens is 2. The van der Waals surface area contributed by atoms with E-state index in [2.05, 4.69) is 11.1 Å². The second-order valence-electron chi connectivity index (χ2n) is 4.55. The Morgan fingerprint density at radius 2 is 2.30 bits per heavy atom. The Bertz CT molecular complexity index is 770. The molecule has 6 nitrogen and oxygen atoms in total. The van der Waals surface area contributed by atoms with Crippen molar-refractivity contribution in [2.75, 3.05) is 0 Å². The zero-order chi connectivity index (χ0) is 14.3. The van der Waals surface area contributed by atoms with Crippen molar-refractivity contribution >= 4 is 11.7 Å². The molecule has 1 aromatic carbocycles. The van der Waals surface area contributed by atoms with Gasteiger partial charge in [0.2, 0.25) is 0 Å². The predicted octanol–water partition coefficient (Wildman–Crippen LogP) is 0.834. The van der Waals surface area contributed by atoms with Crippen molar-refractivity contribution in [3.63, 3.8) is 0 Å². The van der Waals surface area contributed by atoms with Crippen LogP contribution in [0.15, 0.2) is 30.6 Å². The van der Waals surface area contributed by atoms with E-state index in [9.17, 15) is 9.59 Å². The standard InChI is InChI=1S/C14H10N4O2/c15-7-8-2-1-3-9-10(8)6-11(12(9)19)18-5-4-17-14(18)13(16)20/h1-5,11H,6H2,(H2,16,20). The molecule has 6 heteroatoms. The monoisotopic (exact) mass is 266 g/mol. The molecule has 98 valence electrons. The molecule has 1 aromatic heterocycles. The number of carbonyl (C=O) groups excluding carboxylic acids is 2. The quantitative estimate of drug-likeness (QED) is 0.869. The van der Waals surface area contributed by atoms with Crippen molar-refractivity contribution in [2.24, 2.45) is 5.73 Å². The molecule has 1 unspecified atom stereocenters. The number of Topliss-reactive ketones (excluding diaryl/α,β-unsaturated/α-hetero) is 1. The second-order valence-corrected chi connectivity index (χ2v) is 4.55. The van der Waals surface area contributed by atoms with E-state index < -0.39 is 11.9 Å². The molecular weight excluding hydrogens is 256 g/mol. The van der Waals surface area contributed by atoms with Gasteiger partial charge in [-0.25, -0.2) is 4.98 Å². The van der Waals surface area contributed by atoms with Crippen LogP contribution >= 0.6 is 0 Å². The molecule has 20 heavy (non-hydrogen) atoms. The van der Waals surface area contributed by atoms with Crippen LogP contribution in [-0.4, -0.2) is 21.2 Å². The number of hydrogen-bond acceptors (Lipinski definition) is 4. The van der Waals surface area contributed by atoms with Gasteiger partial charge in [0, 0.05) is 24.4 Å². The number of ketones is 1. The van der Waals surface area contributed by atoms with Crippen molar-refractivity contribution in [3.8, 4) is 6.07 Å². The summed E-state index contributed by atoms with van der Waals surface area (Å²) >= 11 is 0. The fourth-order valence-corrected chi connectivity index (χ4v) is 2.59. The zero-order valence-corrected chi connectivity index (χ0v) is 10.4. The van der Waals surface area contributed by atoms with Gasteiger partial charge in [0.15, 0.2) is 11.6 Å². The number of nitriles is 1. The van der Waals surface area contributed by atoms with Gasteiger partial charge in [0.1, 0.15) is 6.04 Å². The van der Waals surface area contributed by atoms with Gasteiger partial charge in [-0.2, -0.15) is 5.26 Å². The van der Waals surface area contributed by atoms with Crippen LogP contribution in [0, 0.1) is 11.3 Å². The van der Waals surface area contributed by atoms with Crippen LogP contribution in [0.1, 0.15) is 38.1 Å². The predicted molar refractivity (Wildman–Crippen MR) is 69.0 cm³/mol. The van der Waals surface area contributed by atoms with E-state index in [1.165, 1.54) is 10.8 Å². The Morgan fingerprint density at radius 3 is 3.00 bits per heavy atom. The fourth-order valence-electron chi connectivity index (χ4n) is 2.59. The first kappa shape index (κ1) is 12.1. The average molecular weight is 266 g/mol. The number of rotatable bonds is 2. The number of primary amides is 1. The van der Waals surface area contributed by atoms with Crippen molar-refractivity contribution in [1.82, 2.24) is 9.55 Å². The lowest BCUT2D eigenvalue weighted by molar-refractivity contribution is 0.0931. The van der Waals surface area contributed by atoms with Gasteiger partial charge in [-0.05, 0) is 11.6 Å². The topological polar surface area (TPSA) is 102 Å². The molecule has 1 aliphatic carbocycles. The van der Waals surface area contributed by atoms with E-state index >= 15 is 0 Å². The molecule has 1 atom stereocenters. The third kappa shape index (κ3) is 1.61. The minimum absolute atomic E-state index is 0.0506. The summed E-state index contributed by atoms with van der Waals surface area (Å²) in [5, 5.41) is 9.09. The number of fused-ring (bicyclic) bond motifs is 1. The van der Waals surface area contributed by atoms with Gasteiger partial charge < -0.3 is 10.3 Å². The van der Waals surface area contributed by atoms with E-state index in [-0.39, 0.29) is 11.6 Å². The summed E-state index contributed by atoms with van der Waals surface area (Å²) < 4.78 is 1.48. The summed E-state index contributed by atoms with van der Waals surface area (Å²) in [7, 11) is 0. The average Bonchev–Trinajstić information content (AvgIpc) is 3.03. The van der Waals surface area contributed by atoms with Crippen molar-refractivity contribution < 1.29 is 9.59 Å². The maximum Gasteiger partial charge on any atom is 0.284 e. The van der Waals surface area contributed by atoms with E-state index in [0.717, 1.165) is 0 Å². The van der Waals surface area contributed by atoms with Crippen LogP contribution in [0.5, 0.6) is 0 Å². The number of nitrogens with zero attached hydrogens (tertiary/aromatic N) is 3. The number of hydrogen-bond donors (Lipinski definition) is 1. The summed E-state index contributed by atoms with van der Waals surface area (Å²) in [4.78, 5) is 27.6. The largest absolute Gasteiger partial charge is 0.363 e. The van der Waals surface area contributed by atoms with Crippen LogP contribution in [-0.2, 0) is 6.42 Å². The summed E-state index contributed by atoms with van der Waals surface area (Å²) in [6, 6.07) is 6.57. The Balaban J connectivity index is 2.09. The molecule has 1 amide bonds. The van der Waals surface area contributed by atoms with Gasteiger partial charge in [-0.15, -0.1) is 0 Å². The molecular formula is C14H10N4O2. The molecule has 1 heterocycles. The van der Waals surface area contributed by atoms with Crippen LogP contribution in [0.25, 0.3) is 0 Å². The van der Waals surface area contributed by atoms with E-state index in [1.807, 2.05) is 0 Å².